The number of nitrogens with one attached hydrogen (secondary N) is 1. The van der Waals surface area contributed by atoms with Crippen LogP contribution in [0.4, 0.5) is 8.78 Å². The Labute approximate surface area is 201 Å². The highest BCUT2D eigenvalue weighted by atomic mass is 32.2. The van der Waals surface area contributed by atoms with Crippen molar-refractivity contribution in [2.75, 3.05) is 13.3 Å². The van der Waals surface area contributed by atoms with Gasteiger partial charge in [-0.2, -0.15) is 0 Å². The Morgan fingerprint density at radius 3 is 2.37 bits per heavy atom. The van der Waals surface area contributed by atoms with Crippen LogP contribution in [0.15, 0.2) is 71.8 Å². The smallest absolute Gasteiger partial charge is 0.268 e. The lowest BCUT2D eigenvalue weighted by Gasteiger charge is -2.17. The van der Waals surface area contributed by atoms with Crippen molar-refractivity contribution in [2.45, 2.75) is 11.1 Å². The number of aromatic nitrogens is 1. The van der Waals surface area contributed by atoms with Crippen LogP contribution >= 0.6 is 7.14 Å². The molecule has 0 saturated carbocycles. The molecule has 3 N–H and O–H groups in total. The van der Waals surface area contributed by atoms with Gasteiger partial charge in [0.15, 0.2) is 11.6 Å². The average molecular weight is 517 g/mol. The van der Waals surface area contributed by atoms with Crippen molar-refractivity contribution in [2.24, 2.45) is 5.73 Å². The summed E-state index contributed by atoms with van der Waals surface area (Å²) in [5, 5.41) is 7.85. The third-order valence-corrected chi connectivity index (χ3v) is 8.04. The molecule has 0 saturated heterocycles. The van der Waals surface area contributed by atoms with Crippen LogP contribution in [0.25, 0.3) is 10.9 Å². The Bertz CT molecular complexity index is 1610. The average Bonchev–Trinajstić information content (AvgIpc) is 3.21. The molecule has 7 nitrogen and oxygen atoms in total. The molecule has 35 heavy (non-hydrogen) atoms. The second kappa shape index (κ2) is 8.94. The number of halogens is 2. The topological polar surface area (TPSA) is 115 Å². The van der Waals surface area contributed by atoms with E-state index in [-0.39, 0.29) is 39.2 Å². The van der Waals surface area contributed by atoms with Crippen LogP contribution in [-0.2, 0) is 20.8 Å². The van der Waals surface area contributed by atoms with Crippen molar-refractivity contribution in [3.63, 3.8) is 0 Å². The summed E-state index contributed by atoms with van der Waals surface area (Å²) in [4.78, 5) is 0.0273. The van der Waals surface area contributed by atoms with E-state index in [1.165, 1.54) is 43.8 Å². The SMILES string of the molecule is CP(C)(=O)Cc1c(Oc2ccc(F)c(C(=N)N)c2)c(F)cc2c1ccn2S(=O)(=O)c1ccccc1. The summed E-state index contributed by atoms with van der Waals surface area (Å²) in [5.41, 5.74) is 5.46. The molecule has 0 unspecified atom stereocenters. The maximum Gasteiger partial charge on any atom is 0.268 e. The summed E-state index contributed by atoms with van der Waals surface area (Å²) in [6.45, 7) is 3.05. The van der Waals surface area contributed by atoms with E-state index in [0.717, 1.165) is 22.2 Å². The van der Waals surface area contributed by atoms with Gasteiger partial charge in [0, 0.05) is 29.4 Å². The Hall–Kier alpha value is -3.49. The fraction of sp³-hybridized carbons (Fsp3) is 0.125. The summed E-state index contributed by atoms with van der Waals surface area (Å²) in [6, 6.07) is 13.7. The van der Waals surface area contributed by atoms with Crippen LogP contribution in [0.5, 0.6) is 11.5 Å². The fourth-order valence-corrected chi connectivity index (χ4v) is 6.17. The minimum atomic E-state index is -4.03. The van der Waals surface area contributed by atoms with Crippen molar-refractivity contribution in [3.8, 4) is 11.5 Å². The van der Waals surface area contributed by atoms with Gasteiger partial charge in [0.1, 0.15) is 17.4 Å². The third-order valence-electron chi connectivity index (χ3n) is 5.26. The second-order valence-corrected chi connectivity index (χ2v) is 13.7. The van der Waals surface area contributed by atoms with E-state index in [1.54, 1.807) is 18.2 Å². The van der Waals surface area contributed by atoms with Gasteiger partial charge in [-0.15, -0.1) is 0 Å². The van der Waals surface area contributed by atoms with Gasteiger partial charge in [0.05, 0.1) is 23.1 Å². The Balaban J connectivity index is 1.92. The molecule has 4 rings (SSSR count). The van der Waals surface area contributed by atoms with Crippen molar-refractivity contribution in [1.29, 1.82) is 5.41 Å². The van der Waals surface area contributed by atoms with Gasteiger partial charge in [0.2, 0.25) is 0 Å². The van der Waals surface area contributed by atoms with E-state index in [2.05, 4.69) is 0 Å². The maximum absolute atomic E-state index is 15.5. The molecule has 3 aromatic carbocycles. The molecule has 0 fully saturated rings. The number of nitrogen functional groups attached to an aromatic ring is 1. The first kappa shape index (κ1) is 24.6. The Kier molecular flexibility index (Phi) is 6.29. The molecule has 0 atom stereocenters. The molecule has 4 aromatic rings. The third kappa shape index (κ3) is 4.85. The standard InChI is InChI=1S/C24H22F2N3O4PS/c1-34(2,30)14-19-17-10-11-29(35(31,32)16-6-4-3-5-7-16)22(17)13-21(26)23(19)33-15-8-9-20(25)18(12-15)24(27)28/h3-13H,14H2,1-2H3,(H3,27,28). The summed E-state index contributed by atoms with van der Waals surface area (Å²) in [7, 11) is -6.82. The molecule has 1 aromatic heterocycles. The number of fused-ring (bicyclic) bond motifs is 1. The van der Waals surface area contributed by atoms with Crippen molar-refractivity contribution in [1.82, 2.24) is 3.97 Å². The number of ether oxygens (including phenoxy) is 1. The van der Waals surface area contributed by atoms with Crippen molar-refractivity contribution in [3.05, 3.63) is 89.6 Å². The van der Waals surface area contributed by atoms with Crippen LogP contribution < -0.4 is 10.5 Å². The van der Waals surface area contributed by atoms with Gasteiger partial charge in [-0.3, -0.25) is 5.41 Å². The first-order chi connectivity index (χ1) is 16.4. The fourth-order valence-electron chi connectivity index (χ4n) is 3.73. The maximum atomic E-state index is 15.5. The lowest BCUT2D eigenvalue weighted by molar-refractivity contribution is 0.438. The zero-order valence-corrected chi connectivity index (χ0v) is 20.5. The van der Waals surface area contributed by atoms with E-state index < -0.39 is 34.6 Å². The molecule has 0 aliphatic heterocycles. The molecule has 11 heteroatoms. The largest absolute Gasteiger partial charge is 0.454 e. The number of nitrogens with zero attached hydrogens (tertiary/aromatic N) is 1. The minimum Gasteiger partial charge on any atom is -0.454 e. The molecule has 0 bridgehead atoms. The number of rotatable bonds is 7. The Morgan fingerprint density at radius 2 is 1.74 bits per heavy atom. The number of hydrogen-bond donors (Lipinski definition) is 2. The lowest BCUT2D eigenvalue weighted by Crippen LogP contribution is -2.13. The number of nitrogens with two attached hydrogens (primary N) is 1. The normalized spacial score (nSPS) is 12.1. The molecule has 0 spiro atoms. The monoisotopic (exact) mass is 517 g/mol. The van der Waals surface area contributed by atoms with Gasteiger partial charge < -0.3 is 15.0 Å². The molecule has 0 radical (unpaired) electrons. The lowest BCUT2D eigenvalue weighted by atomic mass is 10.1. The summed E-state index contributed by atoms with van der Waals surface area (Å²) in [5.74, 6) is -2.42. The van der Waals surface area contributed by atoms with Crippen LogP contribution in [-0.4, -0.2) is 31.6 Å². The van der Waals surface area contributed by atoms with E-state index >= 15 is 4.39 Å². The highest BCUT2D eigenvalue weighted by Crippen LogP contribution is 2.47. The quantitative estimate of drug-likeness (QED) is 0.195. The van der Waals surface area contributed by atoms with Gasteiger partial charge in [-0.05, 0) is 49.7 Å². The second-order valence-electron chi connectivity index (χ2n) is 8.42. The predicted molar refractivity (Wildman–Crippen MR) is 132 cm³/mol. The zero-order valence-electron chi connectivity index (χ0n) is 18.8. The summed E-state index contributed by atoms with van der Waals surface area (Å²) < 4.78 is 75.3. The van der Waals surface area contributed by atoms with E-state index in [1.807, 2.05) is 0 Å². The Morgan fingerprint density at radius 1 is 1.06 bits per heavy atom. The molecule has 0 aliphatic rings. The van der Waals surface area contributed by atoms with Gasteiger partial charge in [0.25, 0.3) is 10.0 Å². The number of amidine groups is 1. The van der Waals surface area contributed by atoms with Gasteiger partial charge >= 0.3 is 0 Å². The van der Waals surface area contributed by atoms with Crippen LogP contribution in [0, 0.1) is 17.0 Å². The van der Waals surface area contributed by atoms with Crippen LogP contribution in [0.2, 0.25) is 0 Å². The van der Waals surface area contributed by atoms with Gasteiger partial charge in [-0.1, -0.05) is 18.2 Å². The molecular weight excluding hydrogens is 495 g/mol. The van der Waals surface area contributed by atoms with Crippen molar-refractivity contribution < 1.29 is 26.5 Å². The predicted octanol–water partition coefficient (Wildman–Crippen LogP) is 5.36. The first-order valence-corrected chi connectivity index (χ1v) is 14.6. The van der Waals surface area contributed by atoms with Crippen LogP contribution in [0.3, 0.4) is 0 Å². The van der Waals surface area contributed by atoms with Crippen LogP contribution in [0.1, 0.15) is 11.1 Å². The van der Waals surface area contributed by atoms with Gasteiger partial charge in [-0.25, -0.2) is 21.2 Å². The van der Waals surface area contributed by atoms with Crippen molar-refractivity contribution >= 4 is 33.9 Å². The summed E-state index contributed by atoms with van der Waals surface area (Å²) >= 11 is 0. The highest BCUT2D eigenvalue weighted by molar-refractivity contribution is 7.90. The molecule has 182 valence electrons. The summed E-state index contributed by atoms with van der Waals surface area (Å²) in [6.07, 6.45) is 1.23. The zero-order chi connectivity index (χ0) is 25.5. The minimum absolute atomic E-state index is 0.00878. The van der Waals surface area contributed by atoms with E-state index in [4.69, 9.17) is 15.9 Å². The molecule has 0 aliphatic carbocycles. The molecule has 0 amide bonds. The molecule has 1 heterocycles. The molecular formula is C24H22F2N3O4PS. The first-order valence-electron chi connectivity index (χ1n) is 10.4. The van der Waals surface area contributed by atoms with E-state index in [0.29, 0.717) is 5.39 Å². The number of benzene rings is 3. The number of hydrogen-bond acceptors (Lipinski definition) is 5. The highest BCUT2D eigenvalue weighted by Gasteiger charge is 2.26. The van der Waals surface area contributed by atoms with E-state index in [9.17, 15) is 17.4 Å².